The molecule has 3 aromatic heterocycles. The fourth-order valence-electron chi connectivity index (χ4n) is 2.92. The third kappa shape index (κ3) is 2.78. The Morgan fingerprint density at radius 3 is 2.80 bits per heavy atom. The number of aryl methyl sites for hydroxylation is 1. The van der Waals surface area contributed by atoms with Gasteiger partial charge in [-0.3, -0.25) is 4.79 Å². The highest BCUT2D eigenvalue weighted by Crippen LogP contribution is 2.16. The van der Waals surface area contributed by atoms with Gasteiger partial charge in [-0.25, -0.2) is 9.50 Å². The molecular formula is C19H17N5O. The number of hydrogen-bond donors (Lipinski definition) is 1. The molecule has 6 nitrogen and oxygen atoms in total. The first-order valence-corrected chi connectivity index (χ1v) is 8.03. The van der Waals surface area contributed by atoms with Crippen molar-refractivity contribution in [3.63, 3.8) is 0 Å². The van der Waals surface area contributed by atoms with Crippen LogP contribution in [0.1, 0.15) is 21.9 Å². The molecule has 1 N–H and O–H groups in total. The number of carbonyl (C=O) groups is 1. The Hall–Kier alpha value is -3.41. The lowest BCUT2D eigenvalue weighted by Gasteiger charge is -2.13. The molecule has 0 radical (unpaired) electrons. The minimum absolute atomic E-state index is 0.161. The van der Waals surface area contributed by atoms with Crippen molar-refractivity contribution < 1.29 is 4.79 Å². The van der Waals surface area contributed by atoms with Crippen LogP contribution in [0.15, 0.2) is 67.1 Å². The summed E-state index contributed by atoms with van der Waals surface area (Å²) >= 11 is 0. The molecule has 25 heavy (non-hydrogen) atoms. The van der Waals surface area contributed by atoms with Gasteiger partial charge in [-0.1, -0.05) is 24.3 Å². The van der Waals surface area contributed by atoms with Crippen molar-refractivity contribution in [1.82, 2.24) is 24.5 Å². The van der Waals surface area contributed by atoms with Crippen LogP contribution < -0.4 is 5.32 Å². The number of pyridine rings is 1. The Labute approximate surface area is 144 Å². The number of rotatable bonds is 4. The van der Waals surface area contributed by atoms with Gasteiger partial charge < -0.3 is 9.88 Å². The molecule has 6 heteroatoms. The van der Waals surface area contributed by atoms with Gasteiger partial charge in [-0.2, -0.15) is 5.10 Å². The van der Waals surface area contributed by atoms with Gasteiger partial charge in [0.1, 0.15) is 11.5 Å². The van der Waals surface area contributed by atoms with Crippen LogP contribution in [0, 0.1) is 6.92 Å². The third-order valence-corrected chi connectivity index (χ3v) is 4.17. The van der Waals surface area contributed by atoms with E-state index in [1.807, 2.05) is 60.2 Å². The van der Waals surface area contributed by atoms with Crippen molar-refractivity contribution in [3.8, 4) is 5.69 Å². The van der Waals surface area contributed by atoms with Crippen LogP contribution >= 0.6 is 0 Å². The van der Waals surface area contributed by atoms with Crippen molar-refractivity contribution in [2.75, 3.05) is 0 Å². The summed E-state index contributed by atoms with van der Waals surface area (Å²) in [6.07, 6.45) is 5.37. The lowest BCUT2D eigenvalue weighted by Crippen LogP contribution is -2.25. The van der Waals surface area contributed by atoms with Crippen molar-refractivity contribution >= 4 is 11.4 Å². The molecule has 1 aromatic carbocycles. The van der Waals surface area contributed by atoms with Gasteiger partial charge in [-0.05, 0) is 36.8 Å². The Balaban J connectivity index is 1.59. The number of benzene rings is 1. The van der Waals surface area contributed by atoms with Crippen LogP contribution in [-0.4, -0.2) is 25.1 Å². The SMILES string of the molecule is Cc1nccn1-c1ccccc1CNC(=O)c1cccc2ccnn12. The van der Waals surface area contributed by atoms with E-state index in [-0.39, 0.29) is 5.91 Å². The van der Waals surface area contributed by atoms with Gasteiger partial charge in [0.2, 0.25) is 0 Å². The summed E-state index contributed by atoms with van der Waals surface area (Å²) in [6, 6.07) is 15.4. The molecule has 3 heterocycles. The van der Waals surface area contributed by atoms with Crippen LogP contribution in [0.5, 0.6) is 0 Å². The predicted octanol–water partition coefficient (Wildman–Crippen LogP) is 2.76. The highest BCUT2D eigenvalue weighted by atomic mass is 16.1. The summed E-state index contributed by atoms with van der Waals surface area (Å²) in [6.45, 7) is 2.37. The monoisotopic (exact) mass is 331 g/mol. The number of amides is 1. The normalized spacial score (nSPS) is 10.9. The van der Waals surface area contributed by atoms with Gasteiger partial charge in [0.05, 0.1) is 17.4 Å². The number of nitrogens with zero attached hydrogens (tertiary/aromatic N) is 4. The van der Waals surface area contributed by atoms with Crippen LogP contribution in [0.4, 0.5) is 0 Å². The molecule has 0 atom stereocenters. The highest BCUT2D eigenvalue weighted by molar-refractivity contribution is 5.93. The summed E-state index contributed by atoms with van der Waals surface area (Å²) in [5.41, 5.74) is 3.43. The van der Waals surface area contributed by atoms with E-state index in [9.17, 15) is 4.79 Å². The van der Waals surface area contributed by atoms with Gasteiger partial charge in [0.15, 0.2) is 0 Å². The number of carbonyl (C=O) groups excluding carboxylic acids is 1. The lowest BCUT2D eigenvalue weighted by molar-refractivity contribution is 0.0943. The average molecular weight is 331 g/mol. The first kappa shape index (κ1) is 15.1. The molecule has 0 aliphatic heterocycles. The van der Waals surface area contributed by atoms with Crippen molar-refractivity contribution in [1.29, 1.82) is 0 Å². The predicted molar refractivity (Wildman–Crippen MR) is 94.7 cm³/mol. The Kier molecular flexibility index (Phi) is 3.78. The first-order chi connectivity index (χ1) is 12.2. The molecule has 0 spiro atoms. The van der Waals surface area contributed by atoms with E-state index in [4.69, 9.17) is 0 Å². The van der Waals surface area contributed by atoms with E-state index in [1.165, 1.54) is 0 Å². The van der Waals surface area contributed by atoms with Gasteiger partial charge >= 0.3 is 0 Å². The zero-order chi connectivity index (χ0) is 17.2. The van der Waals surface area contributed by atoms with E-state index in [0.717, 1.165) is 22.6 Å². The zero-order valence-electron chi connectivity index (χ0n) is 13.8. The molecule has 0 aliphatic rings. The fourth-order valence-corrected chi connectivity index (χ4v) is 2.92. The topological polar surface area (TPSA) is 64.2 Å². The second-order valence-electron chi connectivity index (χ2n) is 5.73. The van der Waals surface area contributed by atoms with Gasteiger partial charge in [0.25, 0.3) is 5.91 Å². The summed E-state index contributed by atoms with van der Waals surface area (Å²) in [7, 11) is 0. The largest absolute Gasteiger partial charge is 0.347 e. The maximum absolute atomic E-state index is 12.6. The molecule has 0 bridgehead atoms. The van der Waals surface area contributed by atoms with E-state index >= 15 is 0 Å². The summed E-state index contributed by atoms with van der Waals surface area (Å²) in [5.74, 6) is 0.742. The number of fused-ring (bicyclic) bond motifs is 1. The standard InChI is InChI=1S/C19H17N5O/c1-14-20-11-12-23(14)17-7-3-2-5-15(17)13-21-19(25)18-8-4-6-16-9-10-22-24(16)18/h2-12H,13H2,1H3,(H,21,25). The molecule has 124 valence electrons. The summed E-state index contributed by atoms with van der Waals surface area (Å²) < 4.78 is 3.65. The van der Waals surface area contributed by atoms with E-state index < -0.39 is 0 Å². The smallest absolute Gasteiger partial charge is 0.270 e. The highest BCUT2D eigenvalue weighted by Gasteiger charge is 2.12. The fraction of sp³-hybridized carbons (Fsp3) is 0.105. The van der Waals surface area contributed by atoms with E-state index in [0.29, 0.717) is 12.2 Å². The number of para-hydroxylation sites is 1. The summed E-state index contributed by atoms with van der Waals surface area (Å²) in [5, 5.41) is 7.19. The van der Waals surface area contributed by atoms with Crippen molar-refractivity contribution in [3.05, 3.63) is 84.2 Å². The van der Waals surface area contributed by atoms with Crippen molar-refractivity contribution in [2.24, 2.45) is 0 Å². The van der Waals surface area contributed by atoms with E-state index in [1.54, 1.807) is 23.0 Å². The molecule has 0 fully saturated rings. The number of nitrogens with one attached hydrogen (secondary N) is 1. The van der Waals surface area contributed by atoms with Crippen LogP contribution in [0.3, 0.4) is 0 Å². The minimum Gasteiger partial charge on any atom is -0.347 e. The number of aromatic nitrogens is 4. The third-order valence-electron chi connectivity index (χ3n) is 4.17. The lowest BCUT2D eigenvalue weighted by atomic mass is 10.1. The molecule has 0 aliphatic carbocycles. The molecule has 4 rings (SSSR count). The Morgan fingerprint density at radius 1 is 1.08 bits per heavy atom. The summed E-state index contributed by atoms with van der Waals surface area (Å²) in [4.78, 5) is 16.9. The van der Waals surface area contributed by atoms with Crippen LogP contribution in [-0.2, 0) is 6.54 Å². The number of hydrogen-bond acceptors (Lipinski definition) is 3. The maximum Gasteiger partial charge on any atom is 0.270 e. The average Bonchev–Trinajstić information content (AvgIpc) is 3.28. The molecule has 0 saturated heterocycles. The van der Waals surface area contributed by atoms with Gasteiger partial charge in [-0.15, -0.1) is 0 Å². The van der Waals surface area contributed by atoms with Crippen LogP contribution in [0.2, 0.25) is 0 Å². The first-order valence-electron chi connectivity index (χ1n) is 8.03. The zero-order valence-corrected chi connectivity index (χ0v) is 13.8. The quantitative estimate of drug-likeness (QED) is 0.625. The number of imidazole rings is 1. The second-order valence-corrected chi connectivity index (χ2v) is 5.73. The van der Waals surface area contributed by atoms with Gasteiger partial charge in [0, 0.05) is 18.9 Å². The van der Waals surface area contributed by atoms with Crippen molar-refractivity contribution in [2.45, 2.75) is 13.5 Å². The molecule has 0 unspecified atom stereocenters. The van der Waals surface area contributed by atoms with Crippen LogP contribution in [0.25, 0.3) is 11.2 Å². The molecule has 1 amide bonds. The molecule has 4 aromatic rings. The Morgan fingerprint density at radius 2 is 1.96 bits per heavy atom. The maximum atomic E-state index is 12.6. The molecular weight excluding hydrogens is 314 g/mol. The second kappa shape index (κ2) is 6.24. The minimum atomic E-state index is -0.161. The molecule has 0 saturated carbocycles. The van der Waals surface area contributed by atoms with E-state index in [2.05, 4.69) is 15.4 Å². The Bertz CT molecular complexity index is 1050.